The molecule has 2 saturated heterocycles. The van der Waals surface area contributed by atoms with Gasteiger partial charge in [-0.1, -0.05) is 12.1 Å². The quantitative estimate of drug-likeness (QED) is 0.669. The predicted octanol–water partition coefficient (Wildman–Crippen LogP) is 1.20. The summed E-state index contributed by atoms with van der Waals surface area (Å²) in [6, 6.07) is 1.35. The highest BCUT2D eigenvalue weighted by molar-refractivity contribution is 6.24. The zero-order valence-corrected chi connectivity index (χ0v) is 17.4. The topological polar surface area (TPSA) is 98.8 Å². The molecule has 4 amide bonds. The minimum absolute atomic E-state index is 0.0110. The molecule has 3 heterocycles. The second-order valence-electron chi connectivity index (χ2n) is 8.41. The van der Waals surface area contributed by atoms with E-state index in [4.69, 9.17) is 0 Å². The maximum absolute atomic E-state index is 13.8. The molecule has 0 saturated carbocycles. The molecule has 4 rings (SSSR count). The van der Waals surface area contributed by atoms with Gasteiger partial charge in [0.05, 0.1) is 11.1 Å². The molecule has 3 aliphatic rings. The Morgan fingerprint density at radius 3 is 2.56 bits per heavy atom. The van der Waals surface area contributed by atoms with Crippen molar-refractivity contribution in [3.8, 4) is 0 Å². The second kappa shape index (κ2) is 8.28. The number of piperidine rings is 1. The van der Waals surface area contributed by atoms with E-state index >= 15 is 0 Å². The van der Waals surface area contributed by atoms with E-state index in [1.54, 1.807) is 6.92 Å². The van der Waals surface area contributed by atoms with Gasteiger partial charge in [0.1, 0.15) is 12.1 Å². The summed E-state index contributed by atoms with van der Waals surface area (Å²) in [5.74, 6) is -2.62. The number of hydrogen-bond donors (Lipinski definition) is 2. The van der Waals surface area contributed by atoms with Crippen molar-refractivity contribution < 1.29 is 32.3 Å². The normalized spacial score (nSPS) is 27.4. The van der Waals surface area contributed by atoms with Gasteiger partial charge in [-0.2, -0.15) is 13.2 Å². The Morgan fingerprint density at radius 2 is 1.88 bits per heavy atom. The van der Waals surface area contributed by atoms with Crippen LogP contribution in [0.1, 0.15) is 52.5 Å². The number of halogens is 3. The van der Waals surface area contributed by atoms with Crippen molar-refractivity contribution in [2.24, 2.45) is 0 Å². The van der Waals surface area contributed by atoms with Crippen LogP contribution in [0, 0.1) is 0 Å². The fourth-order valence-electron chi connectivity index (χ4n) is 4.64. The number of carbonyl (C=O) groups is 4. The molecule has 2 fully saturated rings. The second-order valence-corrected chi connectivity index (χ2v) is 8.41. The zero-order chi connectivity index (χ0) is 23.2. The molecule has 3 aliphatic heterocycles. The molecule has 3 unspecified atom stereocenters. The maximum atomic E-state index is 13.8. The number of amides is 4. The fraction of sp³-hybridized carbons (Fsp3) is 0.524. The van der Waals surface area contributed by atoms with Crippen LogP contribution in [0.25, 0.3) is 0 Å². The Labute approximate surface area is 182 Å². The van der Waals surface area contributed by atoms with Crippen LogP contribution in [-0.4, -0.2) is 70.8 Å². The molecule has 0 spiro atoms. The van der Waals surface area contributed by atoms with E-state index < -0.39 is 41.9 Å². The average molecular weight is 452 g/mol. The van der Waals surface area contributed by atoms with Crippen LogP contribution in [0.5, 0.6) is 0 Å². The van der Waals surface area contributed by atoms with E-state index in [0.717, 1.165) is 4.90 Å². The lowest BCUT2D eigenvalue weighted by molar-refractivity contribution is -0.186. The van der Waals surface area contributed by atoms with Crippen molar-refractivity contribution in [2.45, 2.75) is 57.0 Å². The third-order valence-electron chi connectivity index (χ3n) is 6.22. The molecule has 0 radical (unpaired) electrons. The molecule has 0 aromatic heterocycles. The van der Waals surface area contributed by atoms with Crippen LogP contribution >= 0.6 is 0 Å². The Balaban J connectivity index is 1.64. The average Bonchev–Trinajstić information content (AvgIpc) is 2.84. The zero-order valence-electron chi connectivity index (χ0n) is 17.4. The van der Waals surface area contributed by atoms with E-state index in [0.29, 0.717) is 12.1 Å². The van der Waals surface area contributed by atoms with E-state index in [9.17, 15) is 32.3 Å². The van der Waals surface area contributed by atoms with Gasteiger partial charge in [-0.3, -0.25) is 34.3 Å². The van der Waals surface area contributed by atoms with E-state index in [1.807, 2.05) is 0 Å². The maximum Gasteiger partial charge on any atom is 0.404 e. The van der Waals surface area contributed by atoms with Gasteiger partial charge in [0, 0.05) is 32.1 Å². The van der Waals surface area contributed by atoms with Crippen molar-refractivity contribution in [1.29, 1.82) is 0 Å². The molecule has 1 aromatic carbocycles. The van der Waals surface area contributed by atoms with E-state index in [2.05, 4.69) is 10.6 Å². The highest BCUT2D eigenvalue weighted by Gasteiger charge is 2.47. The van der Waals surface area contributed by atoms with Crippen LogP contribution < -0.4 is 10.6 Å². The number of benzene rings is 1. The fourth-order valence-corrected chi connectivity index (χ4v) is 4.64. The van der Waals surface area contributed by atoms with Crippen molar-refractivity contribution in [2.75, 3.05) is 13.1 Å². The van der Waals surface area contributed by atoms with Gasteiger partial charge in [0.15, 0.2) is 0 Å². The summed E-state index contributed by atoms with van der Waals surface area (Å²) in [7, 11) is 0. The summed E-state index contributed by atoms with van der Waals surface area (Å²) in [5, 5.41) is 5.17. The smallest absolute Gasteiger partial charge is 0.313 e. The van der Waals surface area contributed by atoms with Crippen LogP contribution in [-0.2, 0) is 16.1 Å². The first-order valence-electron chi connectivity index (χ1n) is 10.5. The van der Waals surface area contributed by atoms with Crippen LogP contribution in [0.15, 0.2) is 18.2 Å². The van der Waals surface area contributed by atoms with Crippen molar-refractivity contribution in [1.82, 2.24) is 20.4 Å². The summed E-state index contributed by atoms with van der Waals surface area (Å²) in [5.41, 5.74) is 0.384. The monoisotopic (exact) mass is 452 g/mol. The Bertz CT molecular complexity index is 980. The minimum Gasteiger partial charge on any atom is -0.313 e. The highest BCUT2D eigenvalue weighted by atomic mass is 19.4. The standard InChI is InChI=1S/C21H23F3N4O4/c1-11-9-15(21(22,23)24)27(8-7-25-11)10-12-3-2-4-13-17(12)20(32)28(19(13)31)14-5-6-16(29)26-18(14)30/h2-4,11,14-15,25H,5-10H2,1H3,(H,26,29,30). The largest absolute Gasteiger partial charge is 0.404 e. The minimum atomic E-state index is -4.45. The molecule has 11 heteroatoms. The number of alkyl halides is 3. The van der Waals surface area contributed by atoms with Crippen molar-refractivity contribution in [3.63, 3.8) is 0 Å². The SMILES string of the molecule is CC1CC(C(F)(F)F)N(Cc2cccc3c2C(=O)N(C2CCC(=O)NC2=O)C3=O)CCN1. The summed E-state index contributed by atoms with van der Waals surface area (Å²) < 4.78 is 41.3. The summed E-state index contributed by atoms with van der Waals surface area (Å²) in [6.07, 6.45) is -4.58. The van der Waals surface area contributed by atoms with Crippen LogP contribution in [0.3, 0.4) is 0 Å². The van der Waals surface area contributed by atoms with Gasteiger partial charge in [0.25, 0.3) is 11.8 Å². The third-order valence-corrected chi connectivity index (χ3v) is 6.22. The Hall–Kier alpha value is -2.79. The number of imide groups is 2. The van der Waals surface area contributed by atoms with Crippen molar-refractivity contribution >= 4 is 23.6 Å². The number of fused-ring (bicyclic) bond motifs is 1. The van der Waals surface area contributed by atoms with E-state index in [1.165, 1.54) is 23.1 Å². The summed E-state index contributed by atoms with van der Waals surface area (Å²) in [4.78, 5) is 51.9. The van der Waals surface area contributed by atoms with Crippen molar-refractivity contribution in [3.05, 3.63) is 34.9 Å². The molecule has 172 valence electrons. The summed E-state index contributed by atoms with van der Waals surface area (Å²) >= 11 is 0. The Morgan fingerprint density at radius 1 is 1.12 bits per heavy atom. The molecule has 0 aliphatic carbocycles. The number of hydrogen-bond acceptors (Lipinski definition) is 6. The first-order valence-corrected chi connectivity index (χ1v) is 10.5. The lowest BCUT2D eigenvalue weighted by Crippen LogP contribution is -2.54. The summed E-state index contributed by atoms with van der Waals surface area (Å²) in [6.45, 7) is 2.02. The molecule has 0 bridgehead atoms. The molecule has 3 atom stereocenters. The van der Waals surface area contributed by atoms with Gasteiger partial charge in [-0.15, -0.1) is 0 Å². The van der Waals surface area contributed by atoms with Crippen LogP contribution in [0.2, 0.25) is 0 Å². The molecule has 32 heavy (non-hydrogen) atoms. The van der Waals surface area contributed by atoms with Gasteiger partial charge in [0.2, 0.25) is 11.8 Å². The lowest BCUT2D eigenvalue weighted by Gasteiger charge is -2.32. The number of rotatable bonds is 3. The first-order chi connectivity index (χ1) is 15.1. The van der Waals surface area contributed by atoms with Gasteiger partial charge in [-0.25, -0.2) is 0 Å². The Kier molecular flexibility index (Phi) is 5.80. The number of carbonyl (C=O) groups excluding carboxylic acids is 4. The highest BCUT2D eigenvalue weighted by Crippen LogP contribution is 2.34. The first kappa shape index (κ1) is 22.4. The molecule has 1 aromatic rings. The van der Waals surface area contributed by atoms with Crippen LogP contribution in [0.4, 0.5) is 13.2 Å². The van der Waals surface area contributed by atoms with E-state index in [-0.39, 0.29) is 49.5 Å². The molecular weight excluding hydrogens is 429 g/mol. The lowest BCUT2D eigenvalue weighted by atomic mass is 10.0. The van der Waals surface area contributed by atoms with Gasteiger partial charge >= 0.3 is 6.18 Å². The number of nitrogens with zero attached hydrogens (tertiary/aromatic N) is 2. The van der Waals surface area contributed by atoms with Gasteiger partial charge in [-0.05, 0) is 31.4 Å². The molecule has 2 N–H and O–H groups in total. The predicted molar refractivity (Wildman–Crippen MR) is 105 cm³/mol. The number of nitrogens with one attached hydrogen (secondary N) is 2. The van der Waals surface area contributed by atoms with Gasteiger partial charge < -0.3 is 5.32 Å². The molecular formula is C21H23F3N4O4. The third kappa shape index (κ3) is 4.02. The molecule has 8 nitrogen and oxygen atoms in total.